The third-order valence-corrected chi connectivity index (χ3v) is 7.65. The van der Waals surface area contributed by atoms with Crippen LogP contribution in [0.5, 0.6) is 5.75 Å². The maximum atomic E-state index is 13.0. The van der Waals surface area contributed by atoms with Gasteiger partial charge in [0, 0.05) is 19.5 Å². The molecule has 7 nitrogen and oxygen atoms in total. The van der Waals surface area contributed by atoms with Crippen molar-refractivity contribution in [3.8, 4) is 5.75 Å². The summed E-state index contributed by atoms with van der Waals surface area (Å²) >= 11 is 0. The highest BCUT2D eigenvalue weighted by Crippen LogP contribution is 2.26. The normalized spacial score (nSPS) is 15.9. The summed E-state index contributed by atoms with van der Waals surface area (Å²) in [5.41, 5.74) is 4.06. The average Bonchev–Trinajstić information content (AvgIpc) is 2.79. The lowest BCUT2D eigenvalue weighted by Crippen LogP contribution is -2.40. The first kappa shape index (κ1) is 24.2. The Morgan fingerprint density at radius 3 is 2.56 bits per heavy atom. The molecular weight excluding hydrogens is 428 g/mol. The van der Waals surface area contributed by atoms with Crippen LogP contribution in [0.15, 0.2) is 41.3 Å². The molecule has 174 valence electrons. The molecule has 0 spiro atoms. The smallest absolute Gasteiger partial charge is 0.243 e. The van der Waals surface area contributed by atoms with Gasteiger partial charge in [-0.3, -0.25) is 4.79 Å². The molecule has 0 aliphatic carbocycles. The minimum Gasteiger partial charge on any atom is -0.496 e. The van der Waals surface area contributed by atoms with Gasteiger partial charge in [-0.15, -0.1) is 0 Å². The van der Waals surface area contributed by atoms with Crippen molar-refractivity contribution >= 4 is 15.9 Å². The molecule has 1 aliphatic rings. The molecule has 1 unspecified atom stereocenters. The van der Waals surface area contributed by atoms with Gasteiger partial charge in [0.05, 0.1) is 31.3 Å². The number of nitrogens with zero attached hydrogens (tertiary/aromatic N) is 1. The zero-order valence-corrected chi connectivity index (χ0v) is 20.0. The Kier molecular flexibility index (Phi) is 7.92. The van der Waals surface area contributed by atoms with Crippen LogP contribution in [-0.4, -0.2) is 52.0 Å². The molecule has 1 fully saturated rings. The fourth-order valence-electron chi connectivity index (χ4n) is 3.91. The Bertz CT molecular complexity index is 1060. The van der Waals surface area contributed by atoms with Crippen LogP contribution in [-0.2, 0) is 26.0 Å². The number of hydrogen-bond donors (Lipinski definition) is 1. The van der Waals surface area contributed by atoms with Gasteiger partial charge in [-0.2, -0.15) is 4.31 Å². The third kappa shape index (κ3) is 5.68. The van der Waals surface area contributed by atoms with Crippen LogP contribution < -0.4 is 10.1 Å². The number of rotatable bonds is 8. The lowest BCUT2D eigenvalue weighted by molar-refractivity contribution is -0.121. The first-order chi connectivity index (χ1) is 15.2. The lowest BCUT2D eigenvalue weighted by atomic mass is 9.99. The van der Waals surface area contributed by atoms with Gasteiger partial charge in [-0.05, 0) is 62.1 Å². The number of carbonyl (C=O) groups excluding carboxylic acids is 1. The summed E-state index contributed by atoms with van der Waals surface area (Å²) in [5.74, 6) is 0.475. The average molecular weight is 461 g/mol. The molecule has 1 aliphatic heterocycles. The standard InChI is InChI=1S/C24H32N2O5S/c1-17-5-6-18(2)22(15-17)19(3)25-24(27)10-7-20-16-21(8-9-23(20)30-4)32(28,29)26-11-13-31-14-12-26/h5-6,8-9,15-16,19H,7,10-14H2,1-4H3,(H,25,27). The topological polar surface area (TPSA) is 84.9 Å². The van der Waals surface area contributed by atoms with E-state index < -0.39 is 10.0 Å². The second kappa shape index (κ2) is 10.5. The monoisotopic (exact) mass is 460 g/mol. The van der Waals surface area contributed by atoms with E-state index in [0.717, 1.165) is 16.7 Å². The number of nitrogens with one attached hydrogen (secondary N) is 1. The van der Waals surface area contributed by atoms with Gasteiger partial charge < -0.3 is 14.8 Å². The molecule has 2 aromatic rings. The van der Waals surface area contributed by atoms with Crippen molar-refractivity contribution in [2.24, 2.45) is 0 Å². The van der Waals surface area contributed by atoms with Crippen molar-refractivity contribution in [3.05, 3.63) is 58.7 Å². The number of aryl methyl sites for hydroxylation is 3. The number of ether oxygens (including phenoxy) is 2. The quantitative estimate of drug-likeness (QED) is 0.654. The molecule has 8 heteroatoms. The van der Waals surface area contributed by atoms with E-state index >= 15 is 0 Å². The minimum atomic E-state index is -3.61. The summed E-state index contributed by atoms with van der Waals surface area (Å²) in [6, 6.07) is 10.9. The Hall–Kier alpha value is -2.42. The number of carbonyl (C=O) groups is 1. The summed E-state index contributed by atoms with van der Waals surface area (Å²) in [7, 11) is -2.08. The van der Waals surface area contributed by atoms with Crippen LogP contribution in [0.4, 0.5) is 0 Å². The van der Waals surface area contributed by atoms with Crippen molar-refractivity contribution in [1.29, 1.82) is 0 Å². The highest BCUT2D eigenvalue weighted by Gasteiger charge is 2.27. The number of morpholine rings is 1. The molecule has 32 heavy (non-hydrogen) atoms. The minimum absolute atomic E-state index is 0.0955. The van der Waals surface area contributed by atoms with Crippen molar-refractivity contribution in [2.75, 3.05) is 33.4 Å². The van der Waals surface area contributed by atoms with Crippen LogP contribution in [0.25, 0.3) is 0 Å². The number of hydrogen-bond acceptors (Lipinski definition) is 5. The van der Waals surface area contributed by atoms with Gasteiger partial charge >= 0.3 is 0 Å². The third-order valence-electron chi connectivity index (χ3n) is 5.76. The van der Waals surface area contributed by atoms with E-state index in [-0.39, 0.29) is 23.3 Å². The van der Waals surface area contributed by atoms with Crippen molar-refractivity contribution < 1.29 is 22.7 Å². The zero-order chi connectivity index (χ0) is 23.3. The maximum Gasteiger partial charge on any atom is 0.243 e. The summed E-state index contributed by atoms with van der Waals surface area (Å²) in [6.45, 7) is 7.48. The van der Waals surface area contributed by atoms with Gasteiger partial charge in [0.1, 0.15) is 5.75 Å². The molecule has 3 rings (SSSR count). The van der Waals surface area contributed by atoms with Gasteiger partial charge in [0.2, 0.25) is 15.9 Å². The van der Waals surface area contributed by atoms with Crippen LogP contribution in [0, 0.1) is 13.8 Å². The molecule has 1 N–H and O–H groups in total. The fourth-order valence-corrected chi connectivity index (χ4v) is 5.37. The van der Waals surface area contributed by atoms with E-state index in [9.17, 15) is 13.2 Å². The van der Waals surface area contributed by atoms with E-state index in [4.69, 9.17) is 9.47 Å². The number of amides is 1. The maximum absolute atomic E-state index is 13.0. The number of methoxy groups -OCH3 is 1. The second-order valence-corrected chi connectivity index (χ2v) is 10.1. The predicted octanol–water partition coefficient (Wildman–Crippen LogP) is 3.14. The highest BCUT2D eigenvalue weighted by molar-refractivity contribution is 7.89. The number of sulfonamides is 1. The predicted molar refractivity (Wildman–Crippen MR) is 123 cm³/mol. The Morgan fingerprint density at radius 2 is 1.88 bits per heavy atom. The molecule has 1 saturated heterocycles. The zero-order valence-electron chi connectivity index (χ0n) is 19.2. The van der Waals surface area contributed by atoms with E-state index in [1.54, 1.807) is 18.2 Å². The SMILES string of the molecule is COc1ccc(S(=O)(=O)N2CCOCC2)cc1CCC(=O)NC(C)c1cc(C)ccc1C. The van der Waals surface area contributed by atoms with Crippen molar-refractivity contribution in [1.82, 2.24) is 9.62 Å². The van der Waals surface area contributed by atoms with Gasteiger partial charge in [-0.25, -0.2) is 8.42 Å². The summed E-state index contributed by atoms with van der Waals surface area (Å²) in [5, 5.41) is 3.05. The molecule has 1 heterocycles. The number of benzene rings is 2. The molecule has 1 atom stereocenters. The van der Waals surface area contributed by atoms with Crippen molar-refractivity contribution in [2.45, 2.75) is 44.6 Å². The Morgan fingerprint density at radius 1 is 1.16 bits per heavy atom. The van der Waals surface area contributed by atoms with E-state index in [2.05, 4.69) is 23.5 Å². The molecule has 1 amide bonds. The lowest BCUT2D eigenvalue weighted by Gasteiger charge is -2.26. The largest absolute Gasteiger partial charge is 0.496 e. The fraction of sp³-hybridized carbons (Fsp3) is 0.458. The van der Waals surface area contributed by atoms with E-state index in [1.165, 1.54) is 11.4 Å². The molecule has 0 radical (unpaired) electrons. The highest BCUT2D eigenvalue weighted by atomic mass is 32.2. The molecule has 0 aromatic heterocycles. The Labute approximate surface area is 190 Å². The molecule has 2 aromatic carbocycles. The van der Waals surface area contributed by atoms with Crippen LogP contribution >= 0.6 is 0 Å². The van der Waals surface area contributed by atoms with Gasteiger partial charge in [-0.1, -0.05) is 23.8 Å². The van der Waals surface area contributed by atoms with E-state index in [0.29, 0.717) is 44.0 Å². The molecule has 0 saturated carbocycles. The second-order valence-electron chi connectivity index (χ2n) is 8.14. The molecule has 0 bridgehead atoms. The van der Waals surface area contributed by atoms with Crippen LogP contribution in [0.3, 0.4) is 0 Å². The molecular formula is C24H32N2O5S. The van der Waals surface area contributed by atoms with Crippen LogP contribution in [0.2, 0.25) is 0 Å². The van der Waals surface area contributed by atoms with Crippen LogP contribution in [0.1, 0.15) is 41.6 Å². The van der Waals surface area contributed by atoms with Gasteiger partial charge in [0.25, 0.3) is 0 Å². The first-order valence-electron chi connectivity index (χ1n) is 10.8. The first-order valence-corrected chi connectivity index (χ1v) is 12.3. The summed E-state index contributed by atoms with van der Waals surface area (Å²) in [6.07, 6.45) is 0.605. The summed E-state index contributed by atoms with van der Waals surface area (Å²) < 4.78 is 38.1. The van der Waals surface area contributed by atoms with Gasteiger partial charge in [0.15, 0.2) is 0 Å². The summed E-state index contributed by atoms with van der Waals surface area (Å²) in [4.78, 5) is 12.8. The van der Waals surface area contributed by atoms with Crippen molar-refractivity contribution in [3.63, 3.8) is 0 Å². The van der Waals surface area contributed by atoms with E-state index in [1.807, 2.05) is 20.8 Å². The Balaban J connectivity index is 1.70.